The van der Waals surface area contributed by atoms with E-state index >= 15 is 0 Å². The SMILES string of the molecule is COc1cc(Cl)ccc1C1SCC(=O)Nc2c1c(-c1ccccn1)nn2C. The highest BCUT2D eigenvalue weighted by atomic mass is 35.5. The Morgan fingerprint density at radius 3 is 2.93 bits per heavy atom. The number of aromatic nitrogens is 3. The Kier molecular flexibility index (Phi) is 4.80. The summed E-state index contributed by atoms with van der Waals surface area (Å²) in [6.45, 7) is 0. The molecule has 1 amide bonds. The number of methoxy groups -OCH3 is 1. The fraction of sp³-hybridized carbons (Fsp3) is 0.211. The van der Waals surface area contributed by atoms with Crippen molar-refractivity contribution in [1.29, 1.82) is 0 Å². The molecule has 138 valence electrons. The molecule has 3 aromatic rings. The van der Waals surface area contributed by atoms with Gasteiger partial charge in [-0.2, -0.15) is 5.10 Å². The second kappa shape index (κ2) is 7.25. The first-order chi connectivity index (χ1) is 13.1. The van der Waals surface area contributed by atoms with Gasteiger partial charge in [0.25, 0.3) is 0 Å². The maximum Gasteiger partial charge on any atom is 0.235 e. The molecular formula is C19H17ClN4O2S. The molecule has 0 saturated heterocycles. The number of hydrogen-bond acceptors (Lipinski definition) is 5. The lowest BCUT2D eigenvalue weighted by Crippen LogP contribution is -2.15. The Hall–Kier alpha value is -2.51. The van der Waals surface area contributed by atoms with Crippen LogP contribution in [-0.4, -0.2) is 33.5 Å². The molecule has 27 heavy (non-hydrogen) atoms. The van der Waals surface area contributed by atoms with Gasteiger partial charge >= 0.3 is 0 Å². The molecule has 0 radical (unpaired) electrons. The van der Waals surface area contributed by atoms with Crippen molar-refractivity contribution < 1.29 is 9.53 Å². The molecule has 6 nitrogen and oxygen atoms in total. The lowest BCUT2D eigenvalue weighted by Gasteiger charge is -2.19. The summed E-state index contributed by atoms with van der Waals surface area (Å²) in [6.07, 6.45) is 1.73. The minimum atomic E-state index is -0.156. The number of thioether (sulfide) groups is 1. The molecule has 1 aliphatic rings. The van der Waals surface area contributed by atoms with Gasteiger partial charge in [-0.3, -0.25) is 14.5 Å². The second-order valence-electron chi connectivity index (χ2n) is 6.07. The van der Waals surface area contributed by atoms with E-state index in [1.807, 2.05) is 37.4 Å². The summed E-state index contributed by atoms with van der Waals surface area (Å²) < 4.78 is 7.26. The molecule has 0 bridgehead atoms. The topological polar surface area (TPSA) is 69.0 Å². The van der Waals surface area contributed by atoms with Crippen LogP contribution in [0.2, 0.25) is 5.02 Å². The monoisotopic (exact) mass is 400 g/mol. The van der Waals surface area contributed by atoms with E-state index in [0.717, 1.165) is 22.5 Å². The Morgan fingerprint density at radius 2 is 2.19 bits per heavy atom. The van der Waals surface area contributed by atoms with Crippen molar-refractivity contribution in [2.75, 3.05) is 18.2 Å². The zero-order chi connectivity index (χ0) is 19.0. The van der Waals surface area contributed by atoms with Gasteiger partial charge in [-0.1, -0.05) is 23.7 Å². The highest BCUT2D eigenvalue weighted by Crippen LogP contribution is 2.48. The van der Waals surface area contributed by atoms with Gasteiger partial charge in [0.2, 0.25) is 5.91 Å². The van der Waals surface area contributed by atoms with Gasteiger partial charge in [0, 0.05) is 29.4 Å². The summed E-state index contributed by atoms with van der Waals surface area (Å²) in [5, 5.41) is 8.06. The van der Waals surface area contributed by atoms with Gasteiger partial charge in [-0.25, -0.2) is 0 Å². The summed E-state index contributed by atoms with van der Waals surface area (Å²) in [7, 11) is 3.43. The number of aryl methyl sites for hydroxylation is 1. The molecule has 1 atom stereocenters. The van der Waals surface area contributed by atoms with Gasteiger partial charge in [0.15, 0.2) is 0 Å². The highest BCUT2D eigenvalue weighted by molar-refractivity contribution is 8.00. The molecule has 0 fully saturated rings. The molecule has 8 heteroatoms. The number of carbonyl (C=O) groups is 1. The largest absolute Gasteiger partial charge is 0.496 e. The number of amides is 1. The zero-order valence-electron chi connectivity index (χ0n) is 14.8. The van der Waals surface area contributed by atoms with E-state index < -0.39 is 0 Å². The molecular weight excluding hydrogens is 384 g/mol. The average Bonchev–Trinajstić information content (AvgIpc) is 2.89. The van der Waals surface area contributed by atoms with Gasteiger partial charge in [0.05, 0.1) is 23.8 Å². The van der Waals surface area contributed by atoms with Crippen LogP contribution in [0.5, 0.6) is 5.75 Å². The minimum absolute atomic E-state index is 0.0627. The van der Waals surface area contributed by atoms with Crippen LogP contribution in [0.1, 0.15) is 16.4 Å². The zero-order valence-corrected chi connectivity index (χ0v) is 16.3. The third-order valence-corrected chi connectivity index (χ3v) is 5.86. The summed E-state index contributed by atoms with van der Waals surface area (Å²) in [5.74, 6) is 1.61. The number of benzene rings is 1. The molecule has 2 aromatic heterocycles. The maximum absolute atomic E-state index is 12.3. The van der Waals surface area contributed by atoms with Crippen molar-refractivity contribution >= 4 is 35.1 Å². The standard InChI is InChI=1S/C19H17ClN4O2S/c1-24-19-16(17(23-24)13-5-3-4-8-21-13)18(27-10-15(25)22-19)12-7-6-11(20)9-14(12)26-2/h3-9,18H,10H2,1-2H3,(H,22,25). The Bertz CT molecular complexity index is 1010. The molecule has 1 aromatic carbocycles. The number of halogens is 1. The van der Waals surface area contributed by atoms with Crippen molar-refractivity contribution in [1.82, 2.24) is 14.8 Å². The van der Waals surface area contributed by atoms with E-state index in [1.54, 1.807) is 24.1 Å². The van der Waals surface area contributed by atoms with Crippen molar-refractivity contribution in [2.24, 2.45) is 7.05 Å². The highest BCUT2D eigenvalue weighted by Gasteiger charge is 2.33. The normalized spacial score (nSPS) is 16.4. The number of rotatable bonds is 3. The van der Waals surface area contributed by atoms with Crippen LogP contribution >= 0.6 is 23.4 Å². The van der Waals surface area contributed by atoms with E-state index in [4.69, 9.17) is 16.3 Å². The van der Waals surface area contributed by atoms with E-state index in [9.17, 15) is 4.79 Å². The van der Waals surface area contributed by atoms with Crippen molar-refractivity contribution in [3.8, 4) is 17.1 Å². The first kappa shape index (κ1) is 17.9. The summed E-state index contributed by atoms with van der Waals surface area (Å²) >= 11 is 7.67. The Morgan fingerprint density at radius 1 is 1.33 bits per heavy atom. The quantitative estimate of drug-likeness (QED) is 0.721. The fourth-order valence-electron chi connectivity index (χ4n) is 3.19. The van der Waals surface area contributed by atoms with E-state index in [-0.39, 0.29) is 11.2 Å². The molecule has 1 aliphatic heterocycles. The van der Waals surface area contributed by atoms with Crippen LogP contribution in [0.15, 0.2) is 42.6 Å². The summed E-state index contributed by atoms with van der Waals surface area (Å²) in [4.78, 5) is 16.7. The van der Waals surface area contributed by atoms with Gasteiger partial charge in [-0.05, 0) is 24.3 Å². The third-order valence-electron chi connectivity index (χ3n) is 4.37. The predicted molar refractivity (Wildman–Crippen MR) is 107 cm³/mol. The predicted octanol–water partition coefficient (Wildman–Crippen LogP) is 3.92. The number of nitrogens with zero attached hydrogens (tertiary/aromatic N) is 3. The molecule has 1 N–H and O–H groups in total. The molecule has 0 spiro atoms. The van der Waals surface area contributed by atoms with E-state index in [1.165, 1.54) is 11.8 Å². The number of nitrogens with one attached hydrogen (secondary N) is 1. The van der Waals surface area contributed by atoms with E-state index in [0.29, 0.717) is 22.3 Å². The second-order valence-corrected chi connectivity index (χ2v) is 7.60. The number of anilines is 1. The molecule has 0 aliphatic carbocycles. The van der Waals surface area contributed by atoms with Crippen LogP contribution in [0.4, 0.5) is 5.82 Å². The number of pyridine rings is 1. The van der Waals surface area contributed by atoms with Gasteiger partial charge in [0.1, 0.15) is 17.3 Å². The first-order valence-corrected chi connectivity index (χ1v) is 9.74. The molecule has 3 heterocycles. The van der Waals surface area contributed by atoms with Crippen molar-refractivity contribution in [3.63, 3.8) is 0 Å². The summed E-state index contributed by atoms with van der Waals surface area (Å²) in [6, 6.07) is 11.2. The van der Waals surface area contributed by atoms with Crippen LogP contribution in [0.25, 0.3) is 11.4 Å². The van der Waals surface area contributed by atoms with Crippen molar-refractivity contribution in [2.45, 2.75) is 5.25 Å². The number of ether oxygens (including phenoxy) is 1. The van der Waals surface area contributed by atoms with Gasteiger partial charge in [-0.15, -0.1) is 11.8 Å². The number of fused-ring (bicyclic) bond motifs is 1. The lowest BCUT2D eigenvalue weighted by atomic mass is 10.0. The number of hydrogen-bond donors (Lipinski definition) is 1. The lowest BCUT2D eigenvalue weighted by molar-refractivity contribution is -0.113. The van der Waals surface area contributed by atoms with Crippen LogP contribution < -0.4 is 10.1 Å². The van der Waals surface area contributed by atoms with Crippen molar-refractivity contribution in [3.05, 3.63) is 58.7 Å². The maximum atomic E-state index is 12.3. The molecule has 0 saturated carbocycles. The van der Waals surface area contributed by atoms with E-state index in [2.05, 4.69) is 15.4 Å². The molecule has 1 unspecified atom stereocenters. The first-order valence-electron chi connectivity index (χ1n) is 8.31. The smallest absolute Gasteiger partial charge is 0.235 e. The number of carbonyl (C=O) groups excluding carboxylic acids is 1. The minimum Gasteiger partial charge on any atom is -0.496 e. The van der Waals surface area contributed by atoms with Crippen LogP contribution in [0.3, 0.4) is 0 Å². The van der Waals surface area contributed by atoms with Gasteiger partial charge < -0.3 is 10.1 Å². The fourth-order valence-corrected chi connectivity index (χ4v) is 4.50. The Labute approximate surface area is 165 Å². The summed E-state index contributed by atoms with van der Waals surface area (Å²) in [5.41, 5.74) is 3.34. The Balaban J connectivity index is 1.95. The van der Waals surface area contributed by atoms with Crippen LogP contribution in [-0.2, 0) is 11.8 Å². The average molecular weight is 401 g/mol. The third kappa shape index (κ3) is 3.28. The van der Waals surface area contributed by atoms with Crippen LogP contribution in [0, 0.1) is 0 Å². The molecule has 4 rings (SSSR count).